The number of ether oxygens (including phenoxy) is 1. The Morgan fingerprint density at radius 3 is 2.47 bits per heavy atom. The van der Waals surface area contributed by atoms with Crippen molar-refractivity contribution >= 4 is 15.7 Å². The molecule has 1 aliphatic rings. The van der Waals surface area contributed by atoms with Crippen molar-refractivity contribution in [3.05, 3.63) is 59.4 Å². The number of halogens is 1. The summed E-state index contributed by atoms with van der Waals surface area (Å²) in [5, 5.41) is 0. The second-order valence-electron chi connectivity index (χ2n) is 7.51. The van der Waals surface area contributed by atoms with Crippen LogP contribution in [0.3, 0.4) is 0 Å². The van der Waals surface area contributed by atoms with E-state index in [0.717, 1.165) is 44.3 Å². The number of carbonyl (C=O) groups is 1. The number of methoxy groups -OCH3 is 1. The maximum Gasteiger partial charge on any atom is 0.253 e. The first-order valence-electron chi connectivity index (χ1n) is 9.92. The average molecular weight is 435 g/mol. The van der Waals surface area contributed by atoms with E-state index in [1.165, 1.54) is 25.3 Å². The fourth-order valence-corrected chi connectivity index (χ4v) is 4.26. The number of benzene rings is 2. The van der Waals surface area contributed by atoms with Gasteiger partial charge in [-0.25, -0.2) is 12.8 Å². The van der Waals surface area contributed by atoms with Crippen LogP contribution in [-0.4, -0.2) is 70.2 Å². The van der Waals surface area contributed by atoms with Gasteiger partial charge in [0.05, 0.1) is 12.0 Å². The summed E-state index contributed by atoms with van der Waals surface area (Å²) in [4.78, 5) is 16.9. The highest BCUT2D eigenvalue weighted by Gasteiger charge is 2.22. The predicted octanol–water partition coefficient (Wildman–Crippen LogP) is 2.63. The molecule has 3 rings (SSSR count). The van der Waals surface area contributed by atoms with Gasteiger partial charge in [-0.3, -0.25) is 9.69 Å². The second kappa shape index (κ2) is 9.57. The van der Waals surface area contributed by atoms with Crippen LogP contribution in [0.2, 0.25) is 0 Å². The fraction of sp³-hybridized carbons (Fsp3) is 0.409. The Kier molecular flexibility index (Phi) is 7.10. The maximum absolute atomic E-state index is 13.8. The van der Waals surface area contributed by atoms with Crippen molar-refractivity contribution in [2.75, 3.05) is 46.1 Å². The van der Waals surface area contributed by atoms with Gasteiger partial charge in [0, 0.05) is 38.0 Å². The molecule has 0 radical (unpaired) electrons. The van der Waals surface area contributed by atoms with E-state index in [0.29, 0.717) is 18.7 Å². The van der Waals surface area contributed by atoms with Gasteiger partial charge in [-0.05, 0) is 55.3 Å². The Morgan fingerprint density at radius 1 is 1.10 bits per heavy atom. The number of rotatable bonds is 7. The van der Waals surface area contributed by atoms with Gasteiger partial charge < -0.3 is 9.64 Å². The first-order chi connectivity index (χ1) is 14.3. The molecule has 1 heterocycles. The molecule has 0 N–H and O–H groups in total. The molecular formula is C22H27FN2O4S. The van der Waals surface area contributed by atoms with Crippen LogP contribution in [0.15, 0.2) is 47.4 Å². The van der Waals surface area contributed by atoms with Crippen LogP contribution in [-0.2, 0) is 16.3 Å². The highest BCUT2D eigenvalue weighted by atomic mass is 32.2. The number of aryl methyl sites for hydroxylation is 1. The van der Waals surface area contributed by atoms with Crippen LogP contribution >= 0.6 is 0 Å². The summed E-state index contributed by atoms with van der Waals surface area (Å²) in [7, 11) is -1.90. The third-order valence-electron chi connectivity index (χ3n) is 5.32. The van der Waals surface area contributed by atoms with Crippen molar-refractivity contribution in [2.24, 2.45) is 0 Å². The minimum absolute atomic E-state index is 0.145. The van der Waals surface area contributed by atoms with E-state index in [2.05, 4.69) is 4.90 Å². The van der Waals surface area contributed by atoms with Crippen molar-refractivity contribution in [2.45, 2.75) is 17.7 Å². The number of hydrogen-bond acceptors (Lipinski definition) is 5. The number of sulfone groups is 1. The molecule has 0 atom stereocenters. The van der Waals surface area contributed by atoms with E-state index >= 15 is 0 Å². The Bertz CT molecular complexity index is 1000. The SMILES string of the molecule is COc1ccc(CCCN2CCN(C(=O)c3cccc(S(C)(=O)=O)c3)CC2)cc1F. The zero-order valence-electron chi connectivity index (χ0n) is 17.3. The number of carbonyl (C=O) groups excluding carboxylic acids is 1. The lowest BCUT2D eigenvalue weighted by Gasteiger charge is -2.34. The third-order valence-corrected chi connectivity index (χ3v) is 6.43. The molecule has 0 unspecified atom stereocenters. The number of amides is 1. The Balaban J connectivity index is 1.48. The molecule has 1 aliphatic heterocycles. The summed E-state index contributed by atoms with van der Waals surface area (Å²) < 4.78 is 42.2. The molecule has 30 heavy (non-hydrogen) atoms. The van der Waals surface area contributed by atoms with Crippen LogP contribution in [0.4, 0.5) is 4.39 Å². The smallest absolute Gasteiger partial charge is 0.253 e. The van der Waals surface area contributed by atoms with E-state index in [1.807, 2.05) is 6.07 Å². The van der Waals surface area contributed by atoms with Crippen molar-refractivity contribution in [1.82, 2.24) is 9.80 Å². The highest BCUT2D eigenvalue weighted by Crippen LogP contribution is 2.19. The lowest BCUT2D eigenvalue weighted by atomic mass is 10.1. The van der Waals surface area contributed by atoms with Crippen LogP contribution < -0.4 is 4.74 Å². The summed E-state index contributed by atoms with van der Waals surface area (Å²) in [6.45, 7) is 3.58. The minimum atomic E-state index is -3.35. The third kappa shape index (κ3) is 5.58. The lowest BCUT2D eigenvalue weighted by molar-refractivity contribution is 0.0636. The zero-order chi connectivity index (χ0) is 21.7. The van der Waals surface area contributed by atoms with Gasteiger partial charge in [-0.15, -0.1) is 0 Å². The molecule has 0 spiro atoms. The molecule has 0 aliphatic carbocycles. The Hall–Kier alpha value is -2.45. The first kappa shape index (κ1) is 22.2. The number of hydrogen-bond donors (Lipinski definition) is 0. The average Bonchev–Trinajstić information content (AvgIpc) is 2.73. The molecule has 1 amide bonds. The number of piperazine rings is 1. The van der Waals surface area contributed by atoms with Crippen molar-refractivity contribution in [3.8, 4) is 5.75 Å². The second-order valence-corrected chi connectivity index (χ2v) is 9.52. The largest absolute Gasteiger partial charge is 0.494 e. The van der Waals surface area contributed by atoms with E-state index < -0.39 is 9.84 Å². The van der Waals surface area contributed by atoms with Crippen LogP contribution in [0, 0.1) is 5.82 Å². The quantitative estimate of drug-likeness (QED) is 0.670. The van der Waals surface area contributed by atoms with E-state index in [4.69, 9.17) is 4.74 Å². The molecular weight excluding hydrogens is 407 g/mol. The van der Waals surface area contributed by atoms with Gasteiger partial charge in [0.15, 0.2) is 21.4 Å². The van der Waals surface area contributed by atoms with Crippen molar-refractivity contribution in [3.63, 3.8) is 0 Å². The van der Waals surface area contributed by atoms with Gasteiger partial charge in [0.1, 0.15) is 0 Å². The minimum Gasteiger partial charge on any atom is -0.494 e. The van der Waals surface area contributed by atoms with Gasteiger partial charge in [-0.1, -0.05) is 12.1 Å². The van der Waals surface area contributed by atoms with Crippen LogP contribution in [0.5, 0.6) is 5.75 Å². The van der Waals surface area contributed by atoms with E-state index in [1.54, 1.807) is 23.1 Å². The zero-order valence-corrected chi connectivity index (χ0v) is 18.1. The molecule has 0 saturated carbocycles. The number of nitrogens with zero attached hydrogens (tertiary/aromatic N) is 2. The van der Waals surface area contributed by atoms with Crippen LogP contribution in [0.1, 0.15) is 22.3 Å². The standard InChI is InChI=1S/C22H27FN2O4S/c1-29-21-9-8-17(15-20(21)23)5-4-10-24-11-13-25(14-12-24)22(26)18-6-3-7-19(16-18)30(2,27)28/h3,6-9,15-16H,4-5,10-14H2,1-2H3. The topological polar surface area (TPSA) is 66.9 Å². The molecule has 2 aromatic carbocycles. The Morgan fingerprint density at radius 2 is 1.83 bits per heavy atom. The van der Waals surface area contributed by atoms with E-state index in [-0.39, 0.29) is 22.4 Å². The highest BCUT2D eigenvalue weighted by molar-refractivity contribution is 7.90. The molecule has 6 nitrogen and oxygen atoms in total. The van der Waals surface area contributed by atoms with Gasteiger partial charge >= 0.3 is 0 Å². The molecule has 1 saturated heterocycles. The molecule has 0 bridgehead atoms. The predicted molar refractivity (Wildman–Crippen MR) is 113 cm³/mol. The monoisotopic (exact) mass is 434 g/mol. The van der Waals surface area contributed by atoms with Crippen molar-refractivity contribution in [1.29, 1.82) is 0 Å². The van der Waals surface area contributed by atoms with Crippen molar-refractivity contribution < 1.29 is 22.3 Å². The summed E-state index contributed by atoms with van der Waals surface area (Å²) in [6, 6.07) is 11.2. The lowest BCUT2D eigenvalue weighted by Crippen LogP contribution is -2.48. The molecule has 0 aromatic heterocycles. The summed E-state index contributed by atoms with van der Waals surface area (Å²) in [5.41, 5.74) is 1.33. The van der Waals surface area contributed by atoms with E-state index in [9.17, 15) is 17.6 Å². The fourth-order valence-electron chi connectivity index (χ4n) is 3.59. The van der Waals surface area contributed by atoms with Gasteiger partial charge in [-0.2, -0.15) is 0 Å². The Labute approximate surface area is 177 Å². The molecule has 162 valence electrons. The summed E-state index contributed by atoms with van der Waals surface area (Å²) in [6.07, 6.45) is 2.81. The molecule has 8 heteroatoms. The normalized spacial score (nSPS) is 15.2. The van der Waals surface area contributed by atoms with Crippen LogP contribution in [0.25, 0.3) is 0 Å². The summed E-state index contributed by atoms with van der Waals surface area (Å²) in [5.74, 6) is -0.238. The first-order valence-corrected chi connectivity index (χ1v) is 11.8. The molecule has 2 aromatic rings. The van der Waals surface area contributed by atoms with Gasteiger partial charge in [0.25, 0.3) is 5.91 Å². The maximum atomic E-state index is 13.8. The van der Waals surface area contributed by atoms with Gasteiger partial charge in [0.2, 0.25) is 0 Å². The summed E-state index contributed by atoms with van der Waals surface area (Å²) >= 11 is 0. The molecule has 1 fully saturated rings.